The summed E-state index contributed by atoms with van der Waals surface area (Å²) in [4.78, 5) is 12.3. The van der Waals surface area contributed by atoms with Crippen molar-refractivity contribution < 1.29 is 18.8 Å². The number of hydrogen-bond donors (Lipinski definition) is 1. The number of nitrogens with zero attached hydrogens (tertiary/aromatic N) is 2. The summed E-state index contributed by atoms with van der Waals surface area (Å²) >= 11 is 0. The Hall–Kier alpha value is -3.79. The third kappa shape index (κ3) is 2.88. The molecule has 1 N–H and O–H groups in total. The first-order chi connectivity index (χ1) is 12.2. The van der Waals surface area contributed by atoms with Gasteiger partial charge in [0.15, 0.2) is 23.0 Å². The van der Waals surface area contributed by atoms with E-state index in [0.29, 0.717) is 28.5 Å². The Labute approximate surface area is 142 Å². The van der Waals surface area contributed by atoms with Crippen LogP contribution in [0.2, 0.25) is 0 Å². The predicted octanol–water partition coefficient (Wildman–Crippen LogP) is 3.19. The minimum Gasteiger partial charge on any atom is -0.454 e. The third-order valence-corrected chi connectivity index (χ3v) is 3.67. The van der Waals surface area contributed by atoms with Crippen molar-refractivity contribution in [1.82, 2.24) is 5.16 Å². The molecular weight excluding hydrogens is 322 g/mol. The van der Waals surface area contributed by atoms with E-state index in [4.69, 9.17) is 19.3 Å². The number of fused-ring (bicyclic) bond motifs is 1. The van der Waals surface area contributed by atoms with Crippen LogP contribution >= 0.6 is 0 Å². The van der Waals surface area contributed by atoms with Gasteiger partial charge in [-0.15, -0.1) is 0 Å². The van der Waals surface area contributed by atoms with Gasteiger partial charge in [0, 0.05) is 17.3 Å². The van der Waals surface area contributed by atoms with Crippen molar-refractivity contribution in [3.63, 3.8) is 0 Å². The van der Waals surface area contributed by atoms with E-state index >= 15 is 0 Å². The number of anilines is 1. The lowest BCUT2D eigenvalue weighted by Gasteiger charge is -2.01. The molecule has 0 saturated carbocycles. The molecule has 4 rings (SSSR count). The van der Waals surface area contributed by atoms with Crippen LogP contribution in [-0.4, -0.2) is 17.9 Å². The Morgan fingerprint density at radius 3 is 2.68 bits per heavy atom. The van der Waals surface area contributed by atoms with Crippen LogP contribution in [0.5, 0.6) is 11.5 Å². The summed E-state index contributed by atoms with van der Waals surface area (Å²) in [6.07, 6.45) is 0. The van der Waals surface area contributed by atoms with Crippen LogP contribution in [0.25, 0.3) is 11.3 Å². The minimum atomic E-state index is -0.402. The Kier molecular flexibility index (Phi) is 3.56. The van der Waals surface area contributed by atoms with Crippen molar-refractivity contribution in [2.45, 2.75) is 0 Å². The highest BCUT2D eigenvalue weighted by atomic mass is 16.7. The molecule has 7 heteroatoms. The van der Waals surface area contributed by atoms with E-state index in [1.54, 1.807) is 48.5 Å². The summed E-state index contributed by atoms with van der Waals surface area (Å²) in [5.74, 6) is 1.34. The Balaban J connectivity index is 1.52. The van der Waals surface area contributed by atoms with Crippen molar-refractivity contribution in [3.8, 4) is 28.9 Å². The molecule has 2 aromatic carbocycles. The standard InChI is InChI=1S/C18H11N3O4/c19-9-11-1-4-13(5-2-11)20-18(22)14-8-16(25-21-14)12-3-6-15-17(7-12)24-10-23-15/h1-8H,10H2,(H,20,22). The normalized spacial score (nSPS) is 11.8. The van der Waals surface area contributed by atoms with Crippen molar-refractivity contribution >= 4 is 11.6 Å². The van der Waals surface area contributed by atoms with E-state index in [2.05, 4.69) is 10.5 Å². The molecule has 25 heavy (non-hydrogen) atoms. The van der Waals surface area contributed by atoms with Crippen LogP contribution in [0.3, 0.4) is 0 Å². The first-order valence-electron chi connectivity index (χ1n) is 7.41. The molecule has 2 heterocycles. The zero-order valence-electron chi connectivity index (χ0n) is 12.9. The summed E-state index contributed by atoms with van der Waals surface area (Å²) in [6, 6.07) is 15.5. The number of benzene rings is 2. The van der Waals surface area contributed by atoms with Gasteiger partial charge in [0.25, 0.3) is 5.91 Å². The van der Waals surface area contributed by atoms with Crippen LogP contribution in [0, 0.1) is 11.3 Å². The smallest absolute Gasteiger partial charge is 0.277 e. The second-order valence-electron chi connectivity index (χ2n) is 5.29. The summed E-state index contributed by atoms with van der Waals surface area (Å²) < 4.78 is 15.8. The number of ether oxygens (including phenoxy) is 2. The highest BCUT2D eigenvalue weighted by Gasteiger charge is 2.18. The maximum absolute atomic E-state index is 12.3. The zero-order valence-corrected chi connectivity index (χ0v) is 12.9. The Morgan fingerprint density at radius 1 is 1.08 bits per heavy atom. The number of carbonyl (C=O) groups is 1. The average Bonchev–Trinajstić information content (AvgIpc) is 3.31. The maximum Gasteiger partial charge on any atom is 0.277 e. The largest absolute Gasteiger partial charge is 0.454 e. The molecule has 122 valence electrons. The van der Waals surface area contributed by atoms with E-state index < -0.39 is 5.91 Å². The molecule has 0 fully saturated rings. The number of nitriles is 1. The van der Waals surface area contributed by atoms with Crippen LogP contribution in [0.15, 0.2) is 53.1 Å². The van der Waals surface area contributed by atoms with Crippen LogP contribution < -0.4 is 14.8 Å². The van der Waals surface area contributed by atoms with Gasteiger partial charge in [0.05, 0.1) is 11.6 Å². The lowest BCUT2D eigenvalue weighted by Crippen LogP contribution is -2.11. The fourth-order valence-electron chi connectivity index (χ4n) is 2.39. The molecule has 0 spiro atoms. The lowest BCUT2D eigenvalue weighted by atomic mass is 10.1. The highest BCUT2D eigenvalue weighted by molar-refractivity contribution is 6.03. The van der Waals surface area contributed by atoms with E-state index in [1.165, 1.54) is 0 Å². The third-order valence-electron chi connectivity index (χ3n) is 3.67. The number of amides is 1. The second kappa shape index (κ2) is 6.02. The van der Waals surface area contributed by atoms with E-state index in [9.17, 15) is 4.79 Å². The van der Waals surface area contributed by atoms with Crippen LogP contribution in [0.4, 0.5) is 5.69 Å². The monoisotopic (exact) mass is 333 g/mol. The molecule has 1 aromatic heterocycles. The maximum atomic E-state index is 12.3. The second-order valence-corrected chi connectivity index (χ2v) is 5.29. The molecule has 0 atom stereocenters. The van der Waals surface area contributed by atoms with E-state index in [-0.39, 0.29) is 12.5 Å². The number of aromatic nitrogens is 1. The van der Waals surface area contributed by atoms with Crippen molar-refractivity contribution in [1.29, 1.82) is 5.26 Å². The van der Waals surface area contributed by atoms with Crippen molar-refractivity contribution in [3.05, 3.63) is 59.8 Å². The van der Waals surface area contributed by atoms with Gasteiger partial charge < -0.3 is 19.3 Å². The Morgan fingerprint density at radius 2 is 1.88 bits per heavy atom. The average molecular weight is 333 g/mol. The van der Waals surface area contributed by atoms with Gasteiger partial charge in [-0.1, -0.05) is 5.16 Å². The highest BCUT2D eigenvalue weighted by Crippen LogP contribution is 2.36. The Bertz CT molecular complexity index is 986. The van der Waals surface area contributed by atoms with Crippen molar-refractivity contribution in [2.24, 2.45) is 0 Å². The lowest BCUT2D eigenvalue weighted by molar-refractivity contribution is 0.101. The van der Waals surface area contributed by atoms with Gasteiger partial charge >= 0.3 is 0 Å². The quantitative estimate of drug-likeness (QED) is 0.790. The fraction of sp³-hybridized carbons (Fsp3) is 0.0556. The first-order valence-corrected chi connectivity index (χ1v) is 7.41. The molecular formula is C18H11N3O4. The molecule has 1 amide bonds. The first kappa shape index (κ1) is 14.8. The molecule has 0 aliphatic carbocycles. The van der Waals surface area contributed by atoms with Gasteiger partial charge in [-0.25, -0.2) is 0 Å². The van der Waals surface area contributed by atoms with Gasteiger partial charge in [-0.3, -0.25) is 4.79 Å². The van der Waals surface area contributed by atoms with Crippen molar-refractivity contribution in [2.75, 3.05) is 12.1 Å². The number of hydrogen-bond acceptors (Lipinski definition) is 6. The van der Waals surface area contributed by atoms with Crippen LogP contribution in [0.1, 0.15) is 16.1 Å². The van der Waals surface area contributed by atoms with Crippen LogP contribution in [-0.2, 0) is 0 Å². The molecule has 0 radical (unpaired) electrons. The summed E-state index contributed by atoms with van der Waals surface area (Å²) in [7, 11) is 0. The van der Waals surface area contributed by atoms with Gasteiger partial charge in [-0.05, 0) is 42.5 Å². The molecule has 0 bridgehead atoms. The SMILES string of the molecule is N#Cc1ccc(NC(=O)c2cc(-c3ccc4c(c3)OCO4)on2)cc1. The summed E-state index contributed by atoms with van der Waals surface area (Å²) in [5.41, 5.74) is 1.97. The summed E-state index contributed by atoms with van der Waals surface area (Å²) in [6.45, 7) is 0.188. The van der Waals surface area contributed by atoms with Gasteiger partial charge in [0.2, 0.25) is 6.79 Å². The molecule has 0 saturated heterocycles. The zero-order chi connectivity index (χ0) is 17.2. The molecule has 0 unspecified atom stereocenters. The number of rotatable bonds is 3. The molecule has 1 aliphatic rings. The molecule has 1 aliphatic heterocycles. The van der Waals surface area contributed by atoms with Gasteiger partial charge in [0.1, 0.15) is 0 Å². The van der Waals surface area contributed by atoms with E-state index in [0.717, 1.165) is 5.56 Å². The molecule has 7 nitrogen and oxygen atoms in total. The topological polar surface area (TPSA) is 97.4 Å². The summed E-state index contributed by atoms with van der Waals surface area (Å²) in [5, 5.41) is 15.3. The number of carbonyl (C=O) groups excluding carboxylic acids is 1. The fourth-order valence-corrected chi connectivity index (χ4v) is 2.39. The number of nitrogens with one attached hydrogen (secondary N) is 1. The predicted molar refractivity (Wildman–Crippen MR) is 87.2 cm³/mol. The minimum absolute atomic E-state index is 0.150. The van der Waals surface area contributed by atoms with Gasteiger partial charge in [-0.2, -0.15) is 5.26 Å². The molecule has 3 aromatic rings. The van der Waals surface area contributed by atoms with E-state index in [1.807, 2.05) is 6.07 Å².